The summed E-state index contributed by atoms with van der Waals surface area (Å²) < 4.78 is 38.2. The zero-order valence-electron chi connectivity index (χ0n) is 24.5. The van der Waals surface area contributed by atoms with Crippen molar-refractivity contribution in [1.82, 2.24) is 5.32 Å². The minimum atomic E-state index is -4.41. The molecule has 1 saturated heterocycles. The van der Waals surface area contributed by atoms with E-state index < -0.39 is 17.8 Å². The van der Waals surface area contributed by atoms with Gasteiger partial charge in [0, 0.05) is 18.9 Å². The van der Waals surface area contributed by atoms with E-state index in [0.717, 1.165) is 40.1 Å². The molecule has 1 fully saturated rings. The predicted octanol–water partition coefficient (Wildman–Crippen LogP) is 7.27. The summed E-state index contributed by atoms with van der Waals surface area (Å²) in [7, 11) is 0. The lowest BCUT2D eigenvalue weighted by molar-refractivity contribution is -0.137. The van der Waals surface area contributed by atoms with E-state index in [1.54, 1.807) is 0 Å². The topological polar surface area (TPSA) is 78.8 Å². The van der Waals surface area contributed by atoms with Crippen LogP contribution in [0.4, 0.5) is 23.7 Å². The summed E-state index contributed by atoms with van der Waals surface area (Å²) in [5.74, 6) is 0.185. The van der Waals surface area contributed by atoms with Crippen molar-refractivity contribution in [2.24, 2.45) is 4.99 Å². The van der Waals surface area contributed by atoms with Crippen molar-refractivity contribution in [1.29, 1.82) is 0 Å². The van der Waals surface area contributed by atoms with Crippen LogP contribution in [0.25, 0.3) is 0 Å². The van der Waals surface area contributed by atoms with E-state index in [2.05, 4.69) is 24.2 Å². The minimum absolute atomic E-state index is 0.0510. The fraction of sp³-hybridized carbons (Fsp3) is 0.333. The number of amidine groups is 1. The van der Waals surface area contributed by atoms with Crippen LogP contribution >= 0.6 is 11.8 Å². The van der Waals surface area contributed by atoms with E-state index in [4.69, 9.17) is 0 Å². The molecule has 6 nitrogen and oxygen atoms in total. The van der Waals surface area contributed by atoms with Gasteiger partial charge in [-0.05, 0) is 72.2 Å². The summed E-state index contributed by atoms with van der Waals surface area (Å²) in [5, 5.41) is 3.23. The second-order valence-electron chi connectivity index (χ2n) is 11.1. The number of Topliss-reactive ketones (excluding diaryl/α,β-unsaturated/α-hetero) is 1. The number of carbonyl (C=O) groups excluding carboxylic acids is 3. The third-order valence-corrected chi connectivity index (χ3v) is 7.95. The number of amides is 3. The summed E-state index contributed by atoms with van der Waals surface area (Å²) in [5.41, 5.74) is 4.31. The molecule has 4 rings (SSSR count). The average molecular weight is 610 g/mol. The Morgan fingerprint density at radius 1 is 0.930 bits per heavy atom. The van der Waals surface area contributed by atoms with E-state index >= 15 is 0 Å². The van der Waals surface area contributed by atoms with Gasteiger partial charge >= 0.3 is 12.2 Å². The number of carbonyl (C=O) groups is 3. The third kappa shape index (κ3) is 8.56. The second kappa shape index (κ2) is 13.6. The van der Waals surface area contributed by atoms with Crippen LogP contribution in [0.5, 0.6) is 0 Å². The molecule has 3 aromatic carbocycles. The van der Waals surface area contributed by atoms with Crippen molar-refractivity contribution < 1.29 is 27.6 Å². The van der Waals surface area contributed by atoms with E-state index in [0.29, 0.717) is 17.2 Å². The number of hydrogen-bond acceptors (Lipinski definition) is 4. The zero-order chi connectivity index (χ0) is 31.3. The van der Waals surface area contributed by atoms with Crippen LogP contribution in [0.2, 0.25) is 0 Å². The number of alkyl halides is 3. The number of nitrogens with one attached hydrogen (secondary N) is 1. The van der Waals surface area contributed by atoms with Crippen molar-refractivity contribution in [3.05, 3.63) is 100 Å². The molecule has 0 radical (unpaired) electrons. The summed E-state index contributed by atoms with van der Waals surface area (Å²) in [4.78, 5) is 43.9. The number of thioether (sulfide) groups is 1. The maximum atomic E-state index is 12.8. The number of ketones is 1. The highest BCUT2D eigenvalue weighted by Gasteiger charge is 2.33. The SMILES string of the molecule is Cc1ccc(C(C)C)c(N2C(=O)CSC2=NC(=O)NC(C)Cc2ccc(CC(=O)Cc3ccc(C(F)(F)F)cc3)cc2)c1. The number of halogens is 3. The van der Waals surface area contributed by atoms with Crippen LogP contribution in [0.3, 0.4) is 0 Å². The average Bonchev–Trinajstić information content (AvgIpc) is 3.28. The highest BCUT2D eigenvalue weighted by molar-refractivity contribution is 8.15. The largest absolute Gasteiger partial charge is 0.416 e. The number of aryl methyl sites for hydroxylation is 1. The molecule has 1 aliphatic heterocycles. The van der Waals surface area contributed by atoms with Gasteiger partial charge in [0.2, 0.25) is 5.91 Å². The van der Waals surface area contributed by atoms with E-state index in [9.17, 15) is 27.6 Å². The van der Waals surface area contributed by atoms with Crippen LogP contribution in [0, 0.1) is 6.92 Å². The maximum absolute atomic E-state index is 12.8. The first-order valence-electron chi connectivity index (χ1n) is 14.0. The number of aliphatic imine (C=N–C) groups is 1. The second-order valence-corrected chi connectivity index (χ2v) is 12.0. The summed E-state index contributed by atoms with van der Waals surface area (Å²) in [6, 6.07) is 17.2. The van der Waals surface area contributed by atoms with E-state index in [1.807, 2.05) is 56.3 Å². The lowest BCUT2D eigenvalue weighted by Crippen LogP contribution is -2.35. The Bertz CT molecular complexity index is 1520. The minimum Gasteiger partial charge on any atom is -0.333 e. The Labute approximate surface area is 253 Å². The Morgan fingerprint density at radius 3 is 2.09 bits per heavy atom. The molecule has 3 amide bonds. The monoisotopic (exact) mass is 609 g/mol. The molecule has 43 heavy (non-hydrogen) atoms. The van der Waals surface area contributed by atoms with E-state index in [1.165, 1.54) is 28.8 Å². The van der Waals surface area contributed by atoms with Crippen LogP contribution < -0.4 is 10.2 Å². The molecule has 0 spiro atoms. The van der Waals surface area contributed by atoms with Crippen molar-refractivity contribution in [3.8, 4) is 0 Å². The van der Waals surface area contributed by atoms with Gasteiger partial charge in [0.05, 0.1) is 17.0 Å². The molecule has 1 unspecified atom stereocenters. The molecular formula is C33H34F3N3O3S. The van der Waals surface area contributed by atoms with E-state index in [-0.39, 0.29) is 42.2 Å². The molecule has 10 heteroatoms. The number of anilines is 1. The molecule has 226 valence electrons. The van der Waals surface area contributed by atoms with Crippen molar-refractivity contribution in [2.45, 2.75) is 65.1 Å². The van der Waals surface area contributed by atoms with Gasteiger partial charge in [-0.2, -0.15) is 18.2 Å². The Kier molecular flexibility index (Phi) is 10.1. The van der Waals surface area contributed by atoms with Crippen LogP contribution in [-0.4, -0.2) is 34.7 Å². The first-order valence-corrected chi connectivity index (χ1v) is 15.0. The van der Waals surface area contributed by atoms with Crippen molar-refractivity contribution >= 4 is 40.3 Å². The van der Waals surface area contributed by atoms with Crippen molar-refractivity contribution in [2.75, 3.05) is 10.7 Å². The number of rotatable bonds is 9. The van der Waals surface area contributed by atoms with Gasteiger partial charge < -0.3 is 5.32 Å². The lowest BCUT2D eigenvalue weighted by Gasteiger charge is -2.22. The highest BCUT2D eigenvalue weighted by Crippen LogP contribution is 2.34. The van der Waals surface area contributed by atoms with Crippen molar-refractivity contribution in [3.63, 3.8) is 0 Å². The Morgan fingerprint density at radius 2 is 1.51 bits per heavy atom. The quantitative estimate of drug-likeness (QED) is 0.277. The molecule has 1 atom stereocenters. The van der Waals surface area contributed by atoms with Gasteiger partial charge in [0.1, 0.15) is 5.78 Å². The summed E-state index contributed by atoms with van der Waals surface area (Å²) in [6.07, 6.45) is -3.66. The normalized spacial score (nSPS) is 15.3. The van der Waals surface area contributed by atoms with Gasteiger partial charge in [-0.25, -0.2) is 4.79 Å². The number of benzene rings is 3. The highest BCUT2D eigenvalue weighted by atomic mass is 32.2. The van der Waals surface area contributed by atoms with Gasteiger partial charge in [-0.1, -0.05) is 74.1 Å². The van der Waals surface area contributed by atoms with Crippen LogP contribution in [0.15, 0.2) is 71.7 Å². The Balaban J connectivity index is 1.32. The fourth-order valence-electron chi connectivity index (χ4n) is 4.87. The molecule has 0 saturated carbocycles. The smallest absolute Gasteiger partial charge is 0.333 e. The van der Waals surface area contributed by atoms with Gasteiger partial charge in [0.15, 0.2) is 5.17 Å². The maximum Gasteiger partial charge on any atom is 0.416 e. The first kappa shape index (κ1) is 32.0. The number of hydrogen-bond donors (Lipinski definition) is 1. The number of urea groups is 1. The molecule has 0 bridgehead atoms. The predicted molar refractivity (Wildman–Crippen MR) is 165 cm³/mol. The molecule has 3 aromatic rings. The van der Waals surface area contributed by atoms with Gasteiger partial charge in [-0.3, -0.25) is 14.5 Å². The van der Waals surface area contributed by atoms with Gasteiger partial charge in [-0.15, -0.1) is 0 Å². The van der Waals surface area contributed by atoms with Crippen LogP contribution in [0.1, 0.15) is 60.1 Å². The standard InChI is InChI=1S/C33H34F3N3O3S/c1-20(2)28-14-5-21(3)15-29(28)39-30(41)19-43-32(39)38-31(42)37-22(4)16-23-6-8-24(9-7-23)17-27(40)18-25-10-12-26(13-11-25)33(34,35)36/h5-15,20,22H,16-19H2,1-4H3,(H,37,42). The zero-order valence-corrected chi connectivity index (χ0v) is 25.3. The molecular weight excluding hydrogens is 575 g/mol. The Hall–Kier alpha value is -3.92. The summed E-state index contributed by atoms with van der Waals surface area (Å²) in [6.45, 7) is 7.93. The fourth-order valence-corrected chi connectivity index (χ4v) is 5.73. The molecule has 1 N–H and O–H groups in total. The summed E-state index contributed by atoms with van der Waals surface area (Å²) >= 11 is 1.24. The number of nitrogens with zero attached hydrogens (tertiary/aromatic N) is 2. The molecule has 1 heterocycles. The molecule has 1 aliphatic rings. The molecule has 0 aliphatic carbocycles. The first-order chi connectivity index (χ1) is 20.3. The van der Waals surface area contributed by atoms with Crippen LogP contribution in [-0.2, 0) is 35.0 Å². The lowest BCUT2D eigenvalue weighted by atomic mass is 9.99. The third-order valence-electron chi connectivity index (χ3n) is 7.03. The molecule has 0 aromatic heterocycles. The van der Waals surface area contributed by atoms with Gasteiger partial charge in [0.25, 0.3) is 0 Å².